The van der Waals surface area contributed by atoms with Crippen molar-refractivity contribution in [3.8, 4) is 11.5 Å². The molecule has 9 heteroatoms. The van der Waals surface area contributed by atoms with Gasteiger partial charge in [0.15, 0.2) is 0 Å². The summed E-state index contributed by atoms with van der Waals surface area (Å²) in [6, 6.07) is 20.4. The highest BCUT2D eigenvalue weighted by molar-refractivity contribution is 9.10. The van der Waals surface area contributed by atoms with Crippen LogP contribution in [0.2, 0.25) is 0 Å². The molecule has 1 fully saturated rings. The lowest BCUT2D eigenvalue weighted by Gasteiger charge is -2.13. The van der Waals surface area contributed by atoms with Crippen LogP contribution >= 0.6 is 27.7 Å². The maximum absolute atomic E-state index is 12.8. The minimum atomic E-state index is -0.507. The van der Waals surface area contributed by atoms with Gasteiger partial charge in [-0.1, -0.05) is 35.9 Å². The van der Waals surface area contributed by atoms with E-state index >= 15 is 0 Å². The van der Waals surface area contributed by atoms with Crippen molar-refractivity contribution in [3.05, 3.63) is 92.8 Å². The van der Waals surface area contributed by atoms with Crippen molar-refractivity contribution in [3.63, 3.8) is 0 Å². The largest absolute Gasteiger partial charge is 0.494 e. The van der Waals surface area contributed by atoms with E-state index in [0.29, 0.717) is 30.4 Å². The third-order valence-corrected chi connectivity index (χ3v) is 6.88. The first-order valence-electron chi connectivity index (χ1n) is 11.6. The van der Waals surface area contributed by atoms with E-state index in [4.69, 9.17) is 9.47 Å². The molecule has 190 valence electrons. The van der Waals surface area contributed by atoms with Gasteiger partial charge in [-0.05, 0) is 95.1 Å². The van der Waals surface area contributed by atoms with E-state index in [1.54, 1.807) is 36.4 Å². The smallest absolute Gasteiger partial charge is 0.294 e. The van der Waals surface area contributed by atoms with E-state index < -0.39 is 17.1 Å². The molecule has 0 aromatic heterocycles. The zero-order chi connectivity index (χ0) is 26.4. The molecule has 0 unspecified atom stereocenters. The number of ether oxygens (including phenoxy) is 2. The van der Waals surface area contributed by atoms with Gasteiger partial charge < -0.3 is 14.8 Å². The van der Waals surface area contributed by atoms with Gasteiger partial charge in [0, 0.05) is 5.69 Å². The van der Waals surface area contributed by atoms with Crippen LogP contribution in [0.1, 0.15) is 23.6 Å². The Hall–Kier alpha value is -3.56. The van der Waals surface area contributed by atoms with E-state index in [1.165, 1.54) is 0 Å². The van der Waals surface area contributed by atoms with Gasteiger partial charge in [0.2, 0.25) is 5.91 Å². The molecule has 3 aromatic rings. The van der Waals surface area contributed by atoms with Gasteiger partial charge in [0.25, 0.3) is 11.1 Å². The molecule has 1 heterocycles. The molecule has 3 amide bonds. The summed E-state index contributed by atoms with van der Waals surface area (Å²) in [5.41, 5.74) is 3.50. The lowest BCUT2D eigenvalue weighted by Crippen LogP contribution is -2.36. The Labute approximate surface area is 228 Å². The van der Waals surface area contributed by atoms with Gasteiger partial charge in [-0.2, -0.15) is 0 Å². The van der Waals surface area contributed by atoms with Gasteiger partial charge in [0.1, 0.15) is 24.7 Å². The predicted molar refractivity (Wildman–Crippen MR) is 149 cm³/mol. The number of nitrogens with one attached hydrogen (secondary N) is 1. The van der Waals surface area contributed by atoms with Gasteiger partial charge >= 0.3 is 0 Å². The number of halogens is 1. The number of carbonyl (C=O) groups excluding carboxylic acids is 3. The van der Waals surface area contributed by atoms with Crippen molar-refractivity contribution in [1.29, 1.82) is 0 Å². The molecule has 37 heavy (non-hydrogen) atoms. The molecule has 1 aliphatic heterocycles. The fourth-order valence-electron chi connectivity index (χ4n) is 3.62. The molecule has 0 bridgehead atoms. The molecular formula is C28H25BrN2O5S. The molecule has 4 rings (SSSR count). The Kier molecular flexibility index (Phi) is 8.68. The van der Waals surface area contributed by atoms with Gasteiger partial charge in [-0.25, -0.2) is 0 Å². The van der Waals surface area contributed by atoms with E-state index in [1.807, 2.05) is 44.2 Å². The second-order valence-electron chi connectivity index (χ2n) is 8.24. The van der Waals surface area contributed by atoms with Crippen LogP contribution in [-0.4, -0.2) is 35.1 Å². The Morgan fingerprint density at radius 2 is 1.84 bits per heavy atom. The summed E-state index contributed by atoms with van der Waals surface area (Å²) in [5.74, 6) is 0.380. The Balaban J connectivity index is 1.37. The van der Waals surface area contributed by atoms with Crippen molar-refractivity contribution in [2.75, 3.05) is 18.5 Å². The van der Waals surface area contributed by atoms with E-state index in [-0.39, 0.29) is 11.4 Å². The highest BCUT2D eigenvalue weighted by Crippen LogP contribution is 2.34. The number of hydrogen-bond donors (Lipinski definition) is 1. The van der Waals surface area contributed by atoms with Crippen molar-refractivity contribution >= 4 is 56.5 Å². The van der Waals surface area contributed by atoms with E-state index in [0.717, 1.165) is 37.8 Å². The van der Waals surface area contributed by atoms with Crippen molar-refractivity contribution in [1.82, 2.24) is 4.90 Å². The van der Waals surface area contributed by atoms with Gasteiger partial charge in [-0.15, -0.1) is 0 Å². The molecule has 0 aliphatic carbocycles. The SMILES string of the molecule is CCOc1ccc(NC(=O)CN2C(=O)S/C(=C/c3ccc(OCc4cccc(C)c4)c(Br)c3)C2=O)cc1. The molecule has 0 atom stereocenters. The maximum atomic E-state index is 12.8. The molecule has 0 saturated carbocycles. The Morgan fingerprint density at radius 3 is 2.54 bits per heavy atom. The predicted octanol–water partition coefficient (Wildman–Crippen LogP) is 6.41. The van der Waals surface area contributed by atoms with Crippen molar-refractivity contribution < 1.29 is 23.9 Å². The number of hydrogen-bond acceptors (Lipinski definition) is 6. The number of benzene rings is 3. The summed E-state index contributed by atoms with van der Waals surface area (Å²) < 4.78 is 12.0. The standard InChI is InChI=1S/C28H25BrN2O5S/c1-3-35-22-10-8-21(9-11-22)30-26(32)16-31-27(33)25(37-28(31)34)15-19-7-12-24(23(29)14-19)36-17-20-6-4-5-18(2)13-20/h4-15H,3,16-17H2,1-2H3,(H,30,32)/b25-15+. The second kappa shape index (κ2) is 12.1. The fraction of sp³-hybridized carbons (Fsp3) is 0.179. The first-order chi connectivity index (χ1) is 17.8. The molecular weight excluding hydrogens is 556 g/mol. The Morgan fingerprint density at radius 1 is 1.05 bits per heavy atom. The van der Waals surface area contributed by atoms with Crippen LogP contribution in [0.25, 0.3) is 6.08 Å². The molecule has 1 aliphatic rings. The average Bonchev–Trinajstić information content (AvgIpc) is 3.12. The van der Waals surface area contributed by atoms with E-state index in [2.05, 4.69) is 27.3 Å². The quantitative estimate of drug-likeness (QED) is 0.294. The number of rotatable bonds is 9. The zero-order valence-electron chi connectivity index (χ0n) is 20.3. The molecule has 7 nitrogen and oxygen atoms in total. The number of carbonyl (C=O) groups is 3. The summed E-state index contributed by atoms with van der Waals surface area (Å²) in [6.07, 6.45) is 1.63. The average molecular weight is 581 g/mol. The van der Waals surface area contributed by atoms with Crippen LogP contribution in [0.4, 0.5) is 10.5 Å². The summed E-state index contributed by atoms with van der Waals surface area (Å²) in [7, 11) is 0. The van der Waals surface area contributed by atoms with Crippen LogP contribution in [0, 0.1) is 6.92 Å². The highest BCUT2D eigenvalue weighted by atomic mass is 79.9. The minimum absolute atomic E-state index is 0.249. The normalized spacial score (nSPS) is 14.2. The number of thioether (sulfide) groups is 1. The van der Waals surface area contributed by atoms with Crippen LogP contribution in [0.5, 0.6) is 11.5 Å². The maximum Gasteiger partial charge on any atom is 0.294 e. The molecule has 1 N–H and O–H groups in total. The third kappa shape index (κ3) is 7.02. The molecule has 0 radical (unpaired) electrons. The molecule has 1 saturated heterocycles. The van der Waals surface area contributed by atoms with Crippen LogP contribution in [-0.2, 0) is 16.2 Å². The zero-order valence-corrected chi connectivity index (χ0v) is 22.7. The summed E-state index contributed by atoms with van der Waals surface area (Å²) in [6.45, 7) is 4.52. The van der Waals surface area contributed by atoms with Crippen LogP contribution < -0.4 is 14.8 Å². The topological polar surface area (TPSA) is 84.9 Å². The summed E-state index contributed by atoms with van der Waals surface area (Å²) in [4.78, 5) is 39.0. The third-order valence-electron chi connectivity index (χ3n) is 5.35. The van der Waals surface area contributed by atoms with E-state index in [9.17, 15) is 14.4 Å². The lowest BCUT2D eigenvalue weighted by molar-refractivity contribution is -0.127. The van der Waals surface area contributed by atoms with Crippen molar-refractivity contribution in [2.45, 2.75) is 20.5 Å². The fourth-order valence-corrected chi connectivity index (χ4v) is 4.97. The Bertz CT molecular complexity index is 1360. The van der Waals surface area contributed by atoms with Gasteiger partial charge in [0.05, 0.1) is 16.0 Å². The van der Waals surface area contributed by atoms with Crippen LogP contribution in [0.3, 0.4) is 0 Å². The number of amides is 3. The van der Waals surface area contributed by atoms with Crippen molar-refractivity contribution in [2.24, 2.45) is 0 Å². The lowest BCUT2D eigenvalue weighted by atomic mass is 10.1. The monoisotopic (exact) mass is 580 g/mol. The number of anilines is 1. The summed E-state index contributed by atoms with van der Waals surface area (Å²) >= 11 is 4.32. The van der Waals surface area contributed by atoms with Gasteiger partial charge in [-0.3, -0.25) is 19.3 Å². The molecule has 0 spiro atoms. The molecule has 3 aromatic carbocycles. The minimum Gasteiger partial charge on any atom is -0.494 e. The summed E-state index contributed by atoms with van der Waals surface area (Å²) in [5, 5.41) is 2.20. The first kappa shape index (κ1) is 26.5. The first-order valence-corrected chi connectivity index (χ1v) is 13.2. The number of aryl methyl sites for hydroxylation is 1. The number of nitrogens with zero attached hydrogens (tertiary/aromatic N) is 1. The highest BCUT2D eigenvalue weighted by Gasteiger charge is 2.36. The number of imide groups is 1. The van der Waals surface area contributed by atoms with Crippen LogP contribution in [0.15, 0.2) is 76.1 Å². The second-order valence-corrected chi connectivity index (χ2v) is 10.1.